The Hall–Kier alpha value is -1.35. The summed E-state index contributed by atoms with van der Waals surface area (Å²) in [7, 11) is 0. The fourth-order valence-electron chi connectivity index (χ4n) is 2.48. The third kappa shape index (κ3) is 7.28. The van der Waals surface area contributed by atoms with E-state index in [9.17, 15) is 5.26 Å². The van der Waals surface area contributed by atoms with Crippen molar-refractivity contribution in [1.82, 2.24) is 0 Å². The van der Waals surface area contributed by atoms with Crippen LogP contribution in [0.5, 0.6) is 0 Å². The largest absolute Gasteiger partial charge is 0.275 e. The van der Waals surface area contributed by atoms with Crippen molar-refractivity contribution in [3.63, 3.8) is 0 Å². The van der Waals surface area contributed by atoms with Crippen LogP contribution < -0.4 is 0 Å². The molecule has 0 spiro atoms. The minimum absolute atomic E-state index is 0.0178. The molecule has 21 heavy (non-hydrogen) atoms. The summed E-state index contributed by atoms with van der Waals surface area (Å²) in [6.07, 6.45) is 10.6. The Balaban J connectivity index is 5.10. The van der Waals surface area contributed by atoms with Crippen LogP contribution >= 0.6 is 0 Å². The van der Waals surface area contributed by atoms with Gasteiger partial charge in [0, 0.05) is 18.1 Å². The van der Waals surface area contributed by atoms with E-state index < -0.39 is 5.54 Å². The van der Waals surface area contributed by atoms with Crippen molar-refractivity contribution in [2.75, 3.05) is 0 Å². The Labute approximate surface area is 131 Å². The zero-order valence-corrected chi connectivity index (χ0v) is 14.3. The molecule has 118 valence electrons. The van der Waals surface area contributed by atoms with Gasteiger partial charge in [0.25, 0.3) is 0 Å². The van der Waals surface area contributed by atoms with Crippen LogP contribution in [-0.2, 0) is 0 Å². The molecule has 2 unspecified atom stereocenters. The van der Waals surface area contributed by atoms with E-state index in [-0.39, 0.29) is 5.41 Å². The molecular weight excluding hydrogens is 258 g/mol. The molecule has 0 heterocycles. The molecule has 0 saturated heterocycles. The zero-order chi connectivity index (χ0) is 16.2. The Morgan fingerprint density at radius 1 is 1.00 bits per heavy atom. The molecule has 0 fully saturated rings. The molecule has 0 aromatic rings. The van der Waals surface area contributed by atoms with E-state index >= 15 is 0 Å². The van der Waals surface area contributed by atoms with Gasteiger partial charge in [-0.25, -0.2) is 0 Å². The van der Waals surface area contributed by atoms with Crippen molar-refractivity contribution < 1.29 is 0 Å². The summed E-state index contributed by atoms with van der Waals surface area (Å²) in [4.78, 5) is 4.67. The lowest BCUT2D eigenvalue weighted by molar-refractivity contribution is 0.340. The van der Waals surface area contributed by atoms with Gasteiger partial charge in [-0.1, -0.05) is 46.5 Å². The van der Waals surface area contributed by atoms with Crippen LogP contribution in [0.15, 0.2) is 4.99 Å². The molecule has 0 amide bonds. The summed E-state index contributed by atoms with van der Waals surface area (Å²) in [5.74, 6) is 0. The third-order valence-corrected chi connectivity index (χ3v) is 4.35. The first-order chi connectivity index (χ1) is 10.0. The summed E-state index contributed by atoms with van der Waals surface area (Å²) >= 11 is 0. The number of hydrogen-bond acceptors (Lipinski definition) is 3. The molecule has 0 aliphatic heterocycles. The summed E-state index contributed by atoms with van der Waals surface area (Å²) in [5.41, 5.74) is -0.634. The maximum Gasteiger partial charge on any atom is 0.143 e. The summed E-state index contributed by atoms with van der Waals surface area (Å²) < 4.78 is 0. The summed E-state index contributed by atoms with van der Waals surface area (Å²) in [6, 6.07) is 4.61. The van der Waals surface area contributed by atoms with Crippen LogP contribution in [0.4, 0.5) is 0 Å². The van der Waals surface area contributed by atoms with E-state index in [1.165, 1.54) is 0 Å². The summed E-state index contributed by atoms with van der Waals surface area (Å²) in [5, 5.41) is 18.3. The predicted octanol–water partition coefficient (Wildman–Crippen LogP) is 5.42. The zero-order valence-electron chi connectivity index (χ0n) is 14.3. The van der Waals surface area contributed by atoms with Gasteiger partial charge in [-0.2, -0.15) is 10.5 Å². The first kappa shape index (κ1) is 19.7. The lowest BCUT2D eigenvalue weighted by Crippen LogP contribution is -2.26. The fourth-order valence-corrected chi connectivity index (χ4v) is 2.48. The molecule has 2 atom stereocenters. The van der Waals surface area contributed by atoms with E-state index in [0.29, 0.717) is 6.42 Å². The normalized spacial score (nSPS) is 16.9. The Morgan fingerprint density at radius 3 is 2.10 bits per heavy atom. The highest BCUT2D eigenvalue weighted by Gasteiger charge is 2.28. The standard InChI is InChI=1S/C18H31N3/c1-5-8-11-17(4,15-20)21-16-18(7-3,12-9-6-2)13-10-14-19/h16H,5-13H2,1-4H3. The number of nitriles is 2. The number of rotatable bonds is 11. The van der Waals surface area contributed by atoms with Crippen molar-refractivity contribution in [1.29, 1.82) is 10.5 Å². The SMILES string of the molecule is CCCCC(C=NC(C)(C#N)CCCC)(CC)CCC#N. The molecule has 0 aromatic carbocycles. The van der Waals surface area contributed by atoms with Gasteiger partial charge in [0.15, 0.2) is 0 Å². The van der Waals surface area contributed by atoms with Crippen molar-refractivity contribution in [2.45, 2.75) is 91.0 Å². The van der Waals surface area contributed by atoms with Gasteiger partial charge >= 0.3 is 0 Å². The van der Waals surface area contributed by atoms with Crippen LogP contribution in [0, 0.1) is 28.1 Å². The minimum atomic E-state index is -0.616. The smallest absolute Gasteiger partial charge is 0.143 e. The molecule has 0 saturated carbocycles. The second-order valence-electron chi connectivity index (χ2n) is 6.23. The van der Waals surface area contributed by atoms with Crippen LogP contribution in [0.25, 0.3) is 0 Å². The fraction of sp³-hybridized carbons (Fsp3) is 0.833. The van der Waals surface area contributed by atoms with Gasteiger partial charge in [0.2, 0.25) is 0 Å². The van der Waals surface area contributed by atoms with Crippen molar-refractivity contribution in [3.05, 3.63) is 0 Å². The van der Waals surface area contributed by atoms with Crippen LogP contribution in [0.2, 0.25) is 0 Å². The Bertz CT molecular complexity index is 388. The highest BCUT2D eigenvalue weighted by molar-refractivity contribution is 5.66. The topological polar surface area (TPSA) is 59.9 Å². The van der Waals surface area contributed by atoms with Gasteiger partial charge in [0.1, 0.15) is 5.54 Å². The quantitative estimate of drug-likeness (QED) is 0.477. The maximum atomic E-state index is 9.42. The lowest BCUT2D eigenvalue weighted by Gasteiger charge is -2.29. The average molecular weight is 289 g/mol. The van der Waals surface area contributed by atoms with Gasteiger partial charge in [-0.3, -0.25) is 4.99 Å². The van der Waals surface area contributed by atoms with Gasteiger partial charge in [0.05, 0.1) is 12.1 Å². The number of unbranched alkanes of at least 4 members (excludes halogenated alkanes) is 2. The second-order valence-corrected chi connectivity index (χ2v) is 6.23. The van der Waals surface area contributed by atoms with E-state index in [1.807, 2.05) is 13.1 Å². The third-order valence-electron chi connectivity index (χ3n) is 4.35. The van der Waals surface area contributed by atoms with Crippen molar-refractivity contribution in [2.24, 2.45) is 10.4 Å². The summed E-state index contributed by atoms with van der Waals surface area (Å²) in [6.45, 7) is 8.40. The molecule has 3 nitrogen and oxygen atoms in total. The van der Waals surface area contributed by atoms with Crippen molar-refractivity contribution >= 4 is 6.21 Å². The van der Waals surface area contributed by atoms with Crippen LogP contribution in [-0.4, -0.2) is 11.8 Å². The molecule has 0 N–H and O–H groups in total. The minimum Gasteiger partial charge on any atom is -0.275 e. The first-order valence-corrected chi connectivity index (χ1v) is 8.36. The Morgan fingerprint density at radius 2 is 1.62 bits per heavy atom. The number of hydrogen-bond donors (Lipinski definition) is 0. The highest BCUT2D eigenvalue weighted by Crippen LogP contribution is 2.33. The van der Waals surface area contributed by atoms with Gasteiger partial charge in [-0.05, 0) is 32.6 Å². The van der Waals surface area contributed by atoms with E-state index in [4.69, 9.17) is 5.26 Å². The van der Waals surface area contributed by atoms with E-state index in [1.54, 1.807) is 0 Å². The van der Waals surface area contributed by atoms with E-state index in [0.717, 1.165) is 51.4 Å². The maximum absolute atomic E-state index is 9.42. The van der Waals surface area contributed by atoms with Gasteiger partial charge < -0.3 is 0 Å². The molecule has 0 bridgehead atoms. The molecule has 0 aliphatic rings. The highest BCUT2D eigenvalue weighted by atomic mass is 14.8. The van der Waals surface area contributed by atoms with E-state index in [2.05, 4.69) is 37.9 Å². The molecular formula is C18H31N3. The van der Waals surface area contributed by atoms with Crippen molar-refractivity contribution in [3.8, 4) is 12.1 Å². The van der Waals surface area contributed by atoms with Crippen LogP contribution in [0.1, 0.15) is 85.5 Å². The molecule has 0 rings (SSSR count). The van der Waals surface area contributed by atoms with Gasteiger partial charge in [-0.15, -0.1) is 0 Å². The molecule has 0 aliphatic carbocycles. The molecule has 3 heteroatoms. The number of nitrogens with zero attached hydrogens (tertiary/aromatic N) is 3. The first-order valence-electron chi connectivity index (χ1n) is 8.36. The lowest BCUT2D eigenvalue weighted by atomic mass is 9.77. The average Bonchev–Trinajstić information content (AvgIpc) is 2.52. The van der Waals surface area contributed by atoms with Crippen LogP contribution in [0.3, 0.4) is 0 Å². The molecule has 0 aromatic heterocycles. The predicted molar refractivity (Wildman–Crippen MR) is 89.1 cm³/mol. The number of aliphatic imine (C=N–C) groups is 1. The Kier molecular flexibility index (Phi) is 9.72. The monoisotopic (exact) mass is 289 g/mol. The molecule has 0 radical (unpaired) electrons. The second kappa shape index (κ2) is 10.4.